The molecule has 0 aliphatic carbocycles. The van der Waals surface area contributed by atoms with Gasteiger partial charge in [-0.2, -0.15) is 0 Å². The monoisotopic (exact) mass is 332 g/mol. The average Bonchev–Trinajstić information content (AvgIpc) is 3.05. The van der Waals surface area contributed by atoms with Crippen LogP contribution < -0.4 is 10.6 Å². The zero-order chi connectivity index (χ0) is 17.5. The molecule has 0 saturated carbocycles. The first kappa shape index (κ1) is 17.7. The molecule has 2 N–H and O–H groups in total. The predicted molar refractivity (Wildman–Crippen MR) is 87.7 cm³/mol. The van der Waals surface area contributed by atoms with Crippen molar-refractivity contribution in [3.05, 3.63) is 59.8 Å². The Labute approximate surface area is 140 Å². The summed E-state index contributed by atoms with van der Waals surface area (Å²) in [6.07, 6.45) is 1.97. The summed E-state index contributed by atoms with van der Waals surface area (Å²) in [6, 6.07) is 8.41. The summed E-state index contributed by atoms with van der Waals surface area (Å²) in [7, 11) is 0. The van der Waals surface area contributed by atoms with Crippen LogP contribution in [0.4, 0.5) is 4.39 Å². The van der Waals surface area contributed by atoms with E-state index >= 15 is 0 Å². The number of hydrogen-bond donors (Lipinski definition) is 2. The molecular formula is C18H21FN2O3. The number of carbonyl (C=O) groups is 2. The molecule has 6 heteroatoms. The standard InChI is InChI=1S/C18H21FN2O3/c1-12(2)10-16(18(23)20-11-13-6-5-9-24-13)21-17(22)14-7-3-4-8-15(14)19/h3-9,12,16H,10-11H2,1-2H3,(H,20,23)(H,21,22)/t16-/m0/s1. The second-order valence-electron chi connectivity index (χ2n) is 5.93. The highest BCUT2D eigenvalue weighted by Crippen LogP contribution is 2.10. The van der Waals surface area contributed by atoms with Crippen LogP contribution in [0.25, 0.3) is 0 Å². The van der Waals surface area contributed by atoms with E-state index in [0.29, 0.717) is 12.2 Å². The quantitative estimate of drug-likeness (QED) is 0.819. The normalized spacial score (nSPS) is 12.0. The van der Waals surface area contributed by atoms with Gasteiger partial charge in [0, 0.05) is 0 Å². The largest absolute Gasteiger partial charge is 0.467 e. The molecule has 0 aliphatic rings. The molecule has 5 nitrogen and oxygen atoms in total. The molecule has 0 radical (unpaired) electrons. The molecule has 0 unspecified atom stereocenters. The summed E-state index contributed by atoms with van der Waals surface area (Å²) in [6.45, 7) is 4.13. The van der Waals surface area contributed by atoms with Gasteiger partial charge >= 0.3 is 0 Å². The van der Waals surface area contributed by atoms with E-state index in [0.717, 1.165) is 0 Å². The lowest BCUT2D eigenvalue weighted by Crippen LogP contribution is -2.47. The van der Waals surface area contributed by atoms with Crippen molar-refractivity contribution in [3.63, 3.8) is 0 Å². The van der Waals surface area contributed by atoms with E-state index in [9.17, 15) is 14.0 Å². The van der Waals surface area contributed by atoms with Crippen LogP contribution in [0, 0.1) is 11.7 Å². The number of halogens is 1. The van der Waals surface area contributed by atoms with E-state index < -0.39 is 17.8 Å². The Kier molecular flexibility index (Phi) is 6.12. The van der Waals surface area contributed by atoms with E-state index in [1.165, 1.54) is 24.5 Å². The Morgan fingerprint density at radius 1 is 1.17 bits per heavy atom. The summed E-state index contributed by atoms with van der Waals surface area (Å²) in [5.41, 5.74) is -0.0786. The first-order valence-corrected chi connectivity index (χ1v) is 7.83. The molecule has 1 aromatic heterocycles. The number of amides is 2. The molecule has 0 fully saturated rings. The van der Waals surface area contributed by atoms with Crippen LogP contribution >= 0.6 is 0 Å². The maximum Gasteiger partial charge on any atom is 0.254 e. The van der Waals surface area contributed by atoms with Crippen molar-refractivity contribution in [2.24, 2.45) is 5.92 Å². The van der Waals surface area contributed by atoms with Gasteiger partial charge in [-0.3, -0.25) is 9.59 Å². The molecular weight excluding hydrogens is 311 g/mol. The van der Waals surface area contributed by atoms with E-state index in [1.54, 1.807) is 18.2 Å². The van der Waals surface area contributed by atoms with Crippen molar-refractivity contribution < 1.29 is 18.4 Å². The Morgan fingerprint density at radius 3 is 2.54 bits per heavy atom. The molecule has 2 rings (SSSR count). The molecule has 0 saturated heterocycles. The van der Waals surface area contributed by atoms with E-state index in [1.807, 2.05) is 13.8 Å². The Bertz CT molecular complexity index is 683. The Hall–Kier alpha value is -2.63. The molecule has 1 atom stereocenters. The van der Waals surface area contributed by atoms with Crippen LogP contribution in [-0.4, -0.2) is 17.9 Å². The van der Waals surface area contributed by atoms with Gasteiger partial charge in [0.2, 0.25) is 5.91 Å². The number of carbonyl (C=O) groups excluding carboxylic acids is 2. The van der Waals surface area contributed by atoms with Crippen LogP contribution in [-0.2, 0) is 11.3 Å². The molecule has 1 heterocycles. The second kappa shape index (κ2) is 8.29. The van der Waals surface area contributed by atoms with Crippen molar-refractivity contribution in [3.8, 4) is 0 Å². The number of furan rings is 1. The second-order valence-corrected chi connectivity index (χ2v) is 5.93. The minimum absolute atomic E-state index is 0.0786. The Morgan fingerprint density at radius 2 is 1.92 bits per heavy atom. The Balaban J connectivity index is 2.03. The molecule has 0 spiro atoms. The van der Waals surface area contributed by atoms with Crippen LogP contribution in [0.5, 0.6) is 0 Å². The van der Waals surface area contributed by atoms with Gasteiger partial charge in [-0.15, -0.1) is 0 Å². The zero-order valence-corrected chi connectivity index (χ0v) is 13.7. The van der Waals surface area contributed by atoms with Gasteiger partial charge in [0.25, 0.3) is 5.91 Å². The number of benzene rings is 1. The van der Waals surface area contributed by atoms with E-state index in [4.69, 9.17) is 4.42 Å². The highest BCUT2D eigenvalue weighted by molar-refractivity contribution is 5.97. The lowest BCUT2D eigenvalue weighted by Gasteiger charge is -2.20. The first-order chi connectivity index (χ1) is 11.5. The highest BCUT2D eigenvalue weighted by Gasteiger charge is 2.23. The molecule has 128 valence electrons. The maximum absolute atomic E-state index is 13.7. The molecule has 24 heavy (non-hydrogen) atoms. The first-order valence-electron chi connectivity index (χ1n) is 7.83. The van der Waals surface area contributed by atoms with E-state index in [2.05, 4.69) is 10.6 Å². The van der Waals surface area contributed by atoms with Gasteiger partial charge in [-0.25, -0.2) is 4.39 Å². The number of nitrogens with one attached hydrogen (secondary N) is 2. The fraction of sp³-hybridized carbons (Fsp3) is 0.333. The van der Waals surface area contributed by atoms with E-state index in [-0.39, 0.29) is 23.9 Å². The maximum atomic E-state index is 13.7. The molecule has 2 amide bonds. The minimum atomic E-state index is -0.743. The number of hydrogen-bond acceptors (Lipinski definition) is 3. The molecule has 0 aliphatic heterocycles. The van der Waals surface area contributed by atoms with Crippen molar-refractivity contribution in [2.75, 3.05) is 0 Å². The fourth-order valence-electron chi connectivity index (χ4n) is 2.29. The van der Waals surface area contributed by atoms with Crippen LogP contribution in [0.3, 0.4) is 0 Å². The fourth-order valence-corrected chi connectivity index (χ4v) is 2.29. The summed E-state index contributed by atoms with van der Waals surface area (Å²) < 4.78 is 18.9. The number of rotatable bonds is 7. The van der Waals surface area contributed by atoms with Gasteiger partial charge in [0.15, 0.2) is 0 Å². The lowest BCUT2D eigenvalue weighted by atomic mass is 10.0. The molecule has 1 aromatic carbocycles. The van der Waals surface area contributed by atoms with Crippen molar-refractivity contribution >= 4 is 11.8 Å². The van der Waals surface area contributed by atoms with Crippen molar-refractivity contribution in [2.45, 2.75) is 32.9 Å². The average molecular weight is 332 g/mol. The minimum Gasteiger partial charge on any atom is -0.467 e. The van der Waals surface area contributed by atoms with Gasteiger partial charge in [0.1, 0.15) is 17.6 Å². The third-order valence-electron chi connectivity index (χ3n) is 3.46. The summed E-state index contributed by atoms with van der Waals surface area (Å²) in [4.78, 5) is 24.6. The van der Waals surface area contributed by atoms with Gasteiger partial charge in [0.05, 0.1) is 18.4 Å². The highest BCUT2D eigenvalue weighted by atomic mass is 19.1. The summed E-state index contributed by atoms with van der Waals surface area (Å²) in [5.74, 6) is -0.747. The third-order valence-corrected chi connectivity index (χ3v) is 3.46. The predicted octanol–water partition coefficient (Wildman–Crippen LogP) is 2.88. The van der Waals surface area contributed by atoms with Gasteiger partial charge in [-0.1, -0.05) is 26.0 Å². The summed E-state index contributed by atoms with van der Waals surface area (Å²) in [5, 5.41) is 5.33. The van der Waals surface area contributed by atoms with Crippen LogP contribution in [0.2, 0.25) is 0 Å². The molecule has 2 aromatic rings. The van der Waals surface area contributed by atoms with Crippen molar-refractivity contribution in [1.82, 2.24) is 10.6 Å². The topological polar surface area (TPSA) is 71.3 Å². The van der Waals surface area contributed by atoms with Crippen LogP contribution in [0.1, 0.15) is 36.4 Å². The van der Waals surface area contributed by atoms with Crippen LogP contribution in [0.15, 0.2) is 47.1 Å². The summed E-state index contributed by atoms with van der Waals surface area (Å²) >= 11 is 0. The van der Waals surface area contributed by atoms with Gasteiger partial charge in [-0.05, 0) is 36.6 Å². The third kappa shape index (κ3) is 4.94. The van der Waals surface area contributed by atoms with Gasteiger partial charge < -0.3 is 15.1 Å². The SMILES string of the molecule is CC(C)C[C@H](NC(=O)c1ccccc1F)C(=O)NCc1ccco1. The molecule has 0 bridgehead atoms. The lowest BCUT2D eigenvalue weighted by molar-refractivity contribution is -0.123. The smallest absolute Gasteiger partial charge is 0.254 e. The van der Waals surface area contributed by atoms with Crippen molar-refractivity contribution in [1.29, 1.82) is 0 Å². The zero-order valence-electron chi connectivity index (χ0n) is 13.7.